The van der Waals surface area contributed by atoms with E-state index in [1.54, 1.807) is 0 Å². The number of carbonyl (C=O) groups excluding carboxylic acids is 1. The van der Waals surface area contributed by atoms with Crippen molar-refractivity contribution in [2.45, 2.75) is 75.5 Å². The highest BCUT2D eigenvalue weighted by molar-refractivity contribution is 5.94. The number of hydrogen-bond donors (Lipinski definition) is 2. The molecule has 2 aliphatic rings. The number of nitrogens with one attached hydrogen (secondary N) is 1. The summed E-state index contributed by atoms with van der Waals surface area (Å²) in [6.45, 7) is 3.51. The second kappa shape index (κ2) is 12.3. The van der Waals surface area contributed by atoms with E-state index in [0.29, 0.717) is 25.2 Å². The summed E-state index contributed by atoms with van der Waals surface area (Å²) >= 11 is 0. The van der Waals surface area contributed by atoms with Crippen molar-refractivity contribution < 1.29 is 9.53 Å². The summed E-state index contributed by atoms with van der Waals surface area (Å²) in [4.78, 5) is 13.6. The van der Waals surface area contributed by atoms with Gasteiger partial charge in [0.05, 0.1) is 30.7 Å². The van der Waals surface area contributed by atoms with E-state index in [-0.39, 0.29) is 11.9 Å². The Bertz CT molecular complexity index is 1330. The van der Waals surface area contributed by atoms with Crippen LogP contribution in [0.3, 0.4) is 0 Å². The van der Waals surface area contributed by atoms with E-state index in [1.807, 2.05) is 55.5 Å². The topological polar surface area (TPSA) is 91.4 Å². The Balaban J connectivity index is 1.33. The lowest BCUT2D eigenvalue weighted by Gasteiger charge is -2.27. The van der Waals surface area contributed by atoms with Gasteiger partial charge in [0.2, 0.25) is 0 Å². The maximum absolute atomic E-state index is 13.6. The Morgan fingerprint density at radius 1 is 1.05 bits per heavy atom. The Morgan fingerprint density at radius 2 is 1.75 bits per heavy atom. The van der Waals surface area contributed by atoms with Crippen molar-refractivity contribution >= 4 is 5.91 Å². The van der Waals surface area contributed by atoms with Crippen molar-refractivity contribution in [3.63, 3.8) is 0 Å². The fourth-order valence-corrected chi connectivity index (χ4v) is 6.26. The molecule has 6 heteroatoms. The van der Waals surface area contributed by atoms with Gasteiger partial charge in [-0.05, 0) is 73.4 Å². The summed E-state index contributed by atoms with van der Waals surface area (Å²) < 4.78 is 6.13. The Kier molecular flexibility index (Phi) is 8.66. The number of nitrogens with two attached hydrogens (primary N) is 1. The van der Waals surface area contributed by atoms with Crippen molar-refractivity contribution in [2.24, 2.45) is 5.73 Å². The number of ether oxygens (including phenoxy) is 1. The van der Waals surface area contributed by atoms with Crippen molar-refractivity contribution in [1.82, 2.24) is 10.4 Å². The molecule has 2 atom stereocenters. The fourth-order valence-electron chi connectivity index (χ4n) is 6.26. The van der Waals surface area contributed by atoms with Crippen molar-refractivity contribution in [3.8, 4) is 6.07 Å². The van der Waals surface area contributed by atoms with Crippen LogP contribution in [0.5, 0.6) is 0 Å². The maximum atomic E-state index is 13.6. The normalized spacial score (nSPS) is 20.1. The molecule has 0 aromatic heterocycles. The van der Waals surface area contributed by atoms with Crippen LogP contribution in [-0.4, -0.2) is 29.6 Å². The van der Waals surface area contributed by atoms with E-state index in [4.69, 9.17) is 10.5 Å². The van der Waals surface area contributed by atoms with Gasteiger partial charge in [0.15, 0.2) is 0 Å². The molecule has 1 saturated heterocycles. The first-order valence-electron chi connectivity index (χ1n) is 14.5. The SMILES string of the molecule is CC(N)(COCc1cc(C(=O)NN2CCCC2c2ccccc2)cc(C2(C#N)CCCC2)c1)Cc1ccccc1. The first kappa shape index (κ1) is 28.0. The zero-order chi connectivity index (χ0) is 28.0. The zero-order valence-corrected chi connectivity index (χ0v) is 23.4. The molecule has 1 aliphatic heterocycles. The van der Waals surface area contributed by atoms with Gasteiger partial charge in [-0.3, -0.25) is 10.2 Å². The summed E-state index contributed by atoms with van der Waals surface area (Å²) in [5, 5.41) is 12.3. The molecular formula is C34H40N4O2. The lowest BCUT2D eigenvalue weighted by atomic mass is 9.79. The van der Waals surface area contributed by atoms with Gasteiger partial charge in [-0.15, -0.1) is 0 Å². The second-order valence-electron chi connectivity index (χ2n) is 11.8. The summed E-state index contributed by atoms with van der Waals surface area (Å²) in [5.41, 5.74) is 13.4. The average Bonchev–Trinajstić information content (AvgIpc) is 3.64. The molecule has 0 radical (unpaired) electrons. The first-order chi connectivity index (χ1) is 19.4. The number of amides is 1. The highest BCUT2D eigenvalue weighted by Crippen LogP contribution is 2.41. The molecule has 0 spiro atoms. The van der Waals surface area contributed by atoms with Crippen molar-refractivity contribution in [3.05, 3.63) is 107 Å². The van der Waals surface area contributed by atoms with E-state index >= 15 is 0 Å². The smallest absolute Gasteiger partial charge is 0.265 e. The molecule has 2 unspecified atom stereocenters. The molecule has 1 saturated carbocycles. The molecule has 3 aromatic carbocycles. The summed E-state index contributed by atoms with van der Waals surface area (Å²) in [7, 11) is 0. The van der Waals surface area contributed by atoms with Gasteiger partial charge < -0.3 is 10.5 Å². The minimum atomic E-state index is -0.555. The molecule has 5 rings (SSSR count). The first-order valence-corrected chi connectivity index (χ1v) is 14.5. The maximum Gasteiger partial charge on any atom is 0.265 e. The van der Waals surface area contributed by atoms with Crippen LogP contribution in [0.15, 0.2) is 78.9 Å². The molecule has 6 nitrogen and oxygen atoms in total. The largest absolute Gasteiger partial charge is 0.375 e. The van der Waals surface area contributed by atoms with Crippen LogP contribution in [0.1, 0.15) is 84.1 Å². The van der Waals surface area contributed by atoms with Gasteiger partial charge in [0.1, 0.15) is 0 Å². The monoisotopic (exact) mass is 536 g/mol. The van der Waals surface area contributed by atoms with Gasteiger partial charge in [-0.25, -0.2) is 5.01 Å². The van der Waals surface area contributed by atoms with E-state index in [0.717, 1.165) is 56.2 Å². The number of rotatable bonds is 10. The van der Waals surface area contributed by atoms with Crippen molar-refractivity contribution in [1.29, 1.82) is 5.26 Å². The molecule has 0 bridgehead atoms. The van der Waals surface area contributed by atoms with Crippen LogP contribution in [0.4, 0.5) is 0 Å². The van der Waals surface area contributed by atoms with Crippen LogP contribution in [0.2, 0.25) is 0 Å². The summed E-state index contributed by atoms with van der Waals surface area (Å²) in [6.07, 6.45) is 6.40. The van der Waals surface area contributed by atoms with Crippen LogP contribution in [0.25, 0.3) is 0 Å². The average molecular weight is 537 g/mol. The summed E-state index contributed by atoms with van der Waals surface area (Å²) in [5.74, 6) is -0.148. The minimum absolute atomic E-state index is 0.148. The molecular weight excluding hydrogens is 496 g/mol. The molecule has 3 aromatic rings. The molecule has 2 fully saturated rings. The zero-order valence-electron chi connectivity index (χ0n) is 23.4. The predicted octanol–water partition coefficient (Wildman–Crippen LogP) is 5.98. The molecule has 3 N–H and O–H groups in total. The van der Waals surface area contributed by atoms with Crippen LogP contribution in [-0.2, 0) is 23.2 Å². The number of benzene rings is 3. The van der Waals surface area contributed by atoms with Gasteiger partial charge in [-0.1, -0.05) is 79.6 Å². The third-order valence-corrected chi connectivity index (χ3v) is 8.31. The van der Waals surface area contributed by atoms with E-state index in [9.17, 15) is 10.1 Å². The lowest BCUT2D eigenvalue weighted by Crippen LogP contribution is -2.43. The third-order valence-electron chi connectivity index (χ3n) is 8.31. The number of nitrogens with zero attached hydrogens (tertiary/aromatic N) is 2. The number of carbonyl (C=O) groups is 1. The number of nitriles is 1. The molecule has 1 amide bonds. The lowest BCUT2D eigenvalue weighted by molar-refractivity contribution is 0.0756. The Labute approximate surface area is 238 Å². The second-order valence-corrected chi connectivity index (χ2v) is 11.8. The highest BCUT2D eigenvalue weighted by Gasteiger charge is 2.37. The minimum Gasteiger partial charge on any atom is -0.375 e. The predicted molar refractivity (Wildman–Crippen MR) is 157 cm³/mol. The third kappa shape index (κ3) is 6.62. The Morgan fingerprint density at radius 3 is 2.45 bits per heavy atom. The number of hydrogen-bond acceptors (Lipinski definition) is 5. The number of hydrazine groups is 1. The van der Waals surface area contributed by atoms with Gasteiger partial charge in [0, 0.05) is 17.6 Å². The quantitative estimate of drug-likeness (QED) is 0.333. The molecule has 1 aliphatic carbocycles. The molecule has 1 heterocycles. The van der Waals surface area contributed by atoms with Crippen molar-refractivity contribution in [2.75, 3.05) is 13.2 Å². The van der Waals surface area contributed by atoms with E-state index < -0.39 is 11.0 Å². The van der Waals surface area contributed by atoms with E-state index in [2.05, 4.69) is 46.8 Å². The summed E-state index contributed by atoms with van der Waals surface area (Å²) in [6, 6.07) is 29.1. The van der Waals surface area contributed by atoms with Crippen LogP contribution in [0, 0.1) is 11.3 Å². The molecule has 40 heavy (non-hydrogen) atoms. The molecule has 208 valence electrons. The highest BCUT2D eigenvalue weighted by atomic mass is 16.5. The van der Waals surface area contributed by atoms with Crippen LogP contribution >= 0.6 is 0 Å². The van der Waals surface area contributed by atoms with Crippen LogP contribution < -0.4 is 11.2 Å². The fraction of sp³-hybridized carbons (Fsp3) is 0.412. The van der Waals surface area contributed by atoms with Gasteiger partial charge in [-0.2, -0.15) is 5.26 Å². The Hall–Kier alpha value is -3.50. The van der Waals surface area contributed by atoms with Gasteiger partial charge in [0.25, 0.3) is 5.91 Å². The van der Waals surface area contributed by atoms with Gasteiger partial charge >= 0.3 is 0 Å². The standard InChI is InChI=1S/C34H40N4O2/c1-33(36,22-26-11-4-2-5-12-26)25-40-23-27-19-29(21-30(20-27)34(24-35)16-8-9-17-34)32(39)37-38-18-10-15-31(38)28-13-6-3-7-14-28/h2-7,11-14,19-21,31H,8-10,15-18,22-23,25,36H2,1H3,(H,37,39). The van der Waals surface area contributed by atoms with E-state index in [1.165, 1.54) is 11.1 Å².